The molecule has 0 aromatic heterocycles. The second-order valence-corrected chi connectivity index (χ2v) is 3.91. The predicted octanol–water partition coefficient (Wildman–Crippen LogP) is 2.19. The summed E-state index contributed by atoms with van der Waals surface area (Å²) in [5.41, 5.74) is 7.00. The first-order valence-corrected chi connectivity index (χ1v) is 5.40. The number of phenols is 1. The van der Waals surface area contributed by atoms with E-state index in [1.807, 2.05) is 19.9 Å². The molecule has 0 saturated heterocycles. The lowest BCUT2D eigenvalue weighted by Gasteiger charge is -2.12. The number of rotatable bonds is 4. The van der Waals surface area contributed by atoms with Gasteiger partial charge in [-0.1, -0.05) is 19.4 Å². The van der Waals surface area contributed by atoms with Crippen molar-refractivity contribution in [1.82, 2.24) is 0 Å². The summed E-state index contributed by atoms with van der Waals surface area (Å²) in [6.07, 6.45) is 1.49. The van der Waals surface area contributed by atoms with Crippen molar-refractivity contribution in [2.75, 3.05) is 5.32 Å². The second kappa shape index (κ2) is 7.14. The SMILES string of the molecule is CCCC(N)C(=O)Nc1ccc(C)cc1O.Cl. The largest absolute Gasteiger partial charge is 0.506 e. The Morgan fingerprint density at radius 3 is 2.71 bits per heavy atom. The van der Waals surface area contributed by atoms with Crippen molar-refractivity contribution in [2.24, 2.45) is 5.73 Å². The number of aryl methyl sites for hydroxylation is 1. The Morgan fingerprint density at radius 1 is 1.53 bits per heavy atom. The summed E-state index contributed by atoms with van der Waals surface area (Å²) < 4.78 is 0. The van der Waals surface area contributed by atoms with Crippen molar-refractivity contribution >= 4 is 24.0 Å². The number of hydrogen-bond donors (Lipinski definition) is 3. The van der Waals surface area contributed by atoms with Gasteiger partial charge in [0.25, 0.3) is 0 Å². The van der Waals surface area contributed by atoms with Crippen LogP contribution < -0.4 is 11.1 Å². The average Bonchev–Trinajstić information content (AvgIpc) is 2.22. The molecule has 96 valence electrons. The van der Waals surface area contributed by atoms with Gasteiger partial charge in [0.1, 0.15) is 5.75 Å². The monoisotopic (exact) mass is 258 g/mol. The van der Waals surface area contributed by atoms with Gasteiger partial charge in [-0.05, 0) is 31.0 Å². The van der Waals surface area contributed by atoms with Crippen LogP contribution in [0, 0.1) is 6.92 Å². The third-order valence-corrected chi connectivity index (χ3v) is 2.35. The lowest BCUT2D eigenvalue weighted by atomic mass is 10.1. The van der Waals surface area contributed by atoms with Gasteiger partial charge in [-0.2, -0.15) is 0 Å². The molecule has 1 atom stereocenters. The van der Waals surface area contributed by atoms with E-state index in [9.17, 15) is 9.90 Å². The van der Waals surface area contributed by atoms with Gasteiger partial charge in [-0.3, -0.25) is 4.79 Å². The van der Waals surface area contributed by atoms with Crippen LogP contribution in [0.25, 0.3) is 0 Å². The Hall–Kier alpha value is -1.26. The Morgan fingerprint density at radius 2 is 2.18 bits per heavy atom. The zero-order valence-electron chi connectivity index (χ0n) is 10.1. The van der Waals surface area contributed by atoms with Crippen LogP contribution in [0.15, 0.2) is 18.2 Å². The van der Waals surface area contributed by atoms with Crippen LogP contribution in [-0.4, -0.2) is 17.1 Å². The zero-order valence-corrected chi connectivity index (χ0v) is 10.9. The number of carbonyl (C=O) groups is 1. The highest BCUT2D eigenvalue weighted by molar-refractivity contribution is 5.95. The smallest absolute Gasteiger partial charge is 0.241 e. The van der Waals surface area contributed by atoms with Crippen LogP contribution in [0.4, 0.5) is 5.69 Å². The van der Waals surface area contributed by atoms with Crippen molar-refractivity contribution in [3.8, 4) is 5.75 Å². The van der Waals surface area contributed by atoms with Gasteiger partial charge in [0.2, 0.25) is 5.91 Å². The Bertz CT molecular complexity index is 383. The molecule has 0 fully saturated rings. The van der Waals surface area contributed by atoms with Crippen LogP contribution in [0.1, 0.15) is 25.3 Å². The minimum absolute atomic E-state index is 0. The van der Waals surface area contributed by atoms with Gasteiger partial charge in [0, 0.05) is 0 Å². The van der Waals surface area contributed by atoms with E-state index in [2.05, 4.69) is 5.32 Å². The molecule has 17 heavy (non-hydrogen) atoms. The number of nitrogens with two attached hydrogens (primary N) is 1. The first-order valence-electron chi connectivity index (χ1n) is 5.40. The van der Waals surface area contributed by atoms with Crippen LogP contribution in [0.5, 0.6) is 5.75 Å². The summed E-state index contributed by atoms with van der Waals surface area (Å²) in [6.45, 7) is 3.84. The molecule has 0 spiro atoms. The second-order valence-electron chi connectivity index (χ2n) is 3.91. The van der Waals surface area contributed by atoms with Crippen molar-refractivity contribution < 1.29 is 9.90 Å². The molecule has 0 aliphatic rings. The zero-order chi connectivity index (χ0) is 12.1. The Balaban J connectivity index is 0.00000256. The van der Waals surface area contributed by atoms with E-state index < -0.39 is 6.04 Å². The maximum absolute atomic E-state index is 11.6. The maximum atomic E-state index is 11.6. The fourth-order valence-corrected chi connectivity index (χ4v) is 1.41. The van der Waals surface area contributed by atoms with E-state index in [1.165, 1.54) is 0 Å². The summed E-state index contributed by atoms with van der Waals surface area (Å²) in [5.74, 6) is -0.196. The average molecular weight is 259 g/mol. The molecule has 0 aliphatic heterocycles. The molecule has 1 unspecified atom stereocenters. The molecule has 0 aliphatic carbocycles. The number of anilines is 1. The summed E-state index contributed by atoms with van der Waals surface area (Å²) in [6, 6.07) is 4.56. The highest BCUT2D eigenvalue weighted by Crippen LogP contribution is 2.23. The number of hydrogen-bond acceptors (Lipinski definition) is 3. The van der Waals surface area contributed by atoms with Gasteiger partial charge >= 0.3 is 0 Å². The van der Waals surface area contributed by atoms with E-state index in [0.29, 0.717) is 12.1 Å². The maximum Gasteiger partial charge on any atom is 0.241 e. The fourth-order valence-electron chi connectivity index (χ4n) is 1.41. The normalized spacial score (nSPS) is 11.5. The standard InChI is InChI=1S/C12H18N2O2.ClH/c1-3-4-9(13)12(16)14-10-6-5-8(2)7-11(10)15;/h5-7,9,15H,3-4,13H2,1-2H3,(H,14,16);1H. The van der Waals surface area contributed by atoms with Crippen molar-refractivity contribution in [1.29, 1.82) is 0 Å². The van der Waals surface area contributed by atoms with Gasteiger partial charge in [-0.25, -0.2) is 0 Å². The van der Waals surface area contributed by atoms with Crippen LogP contribution in [0.3, 0.4) is 0 Å². The minimum atomic E-state index is -0.522. The molecule has 0 saturated carbocycles. The molecule has 4 N–H and O–H groups in total. The molecule has 4 nitrogen and oxygen atoms in total. The minimum Gasteiger partial charge on any atom is -0.506 e. The first kappa shape index (κ1) is 15.7. The Labute approximate surface area is 108 Å². The molecule has 1 rings (SSSR count). The third-order valence-electron chi connectivity index (χ3n) is 2.35. The number of aromatic hydroxyl groups is 1. The lowest BCUT2D eigenvalue weighted by molar-refractivity contribution is -0.117. The number of benzene rings is 1. The topological polar surface area (TPSA) is 75.4 Å². The summed E-state index contributed by atoms with van der Waals surface area (Å²) in [4.78, 5) is 11.6. The van der Waals surface area contributed by atoms with Crippen LogP contribution >= 0.6 is 12.4 Å². The van der Waals surface area contributed by atoms with Crippen LogP contribution in [-0.2, 0) is 4.79 Å². The highest BCUT2D eigenvalue weighted by atomic mass is 35.5. The predicted molar refractivity (Wildman–Crippen MR) is 71.6 cm³/mol. The molecule has 0 heterocycles. The lowest BCUT2D eigenvalue weighted by Crippen LogP contribution is -2.35. The Kier molecular flexibility index (Phi) is 6.61. The number of amides is 1. The number of phenolic OH excluding ortho intramolecular Hbond substituents is 1. The summed E-state index contributed by atoms with van der Waals surface area (Å²) in [7, 11) is 0. The molecule has 0 radical (unpaired) electrons. The summed E-state index contributed by atoms with van der Waals surface area (Å²) in [5, 5.41) is 12.2. The van der Waals surface area contributed by atoms with Crippen molar-refractivity contribution in [3.05, 3.63) is 23.8 Å². The fraction of sp³-hybridized carbons (Fsp3) is 0.417. The first-order chi connectivity index (χ1) is 7.54. The van der Waals surface area contributed by atoms with Crippen LogP contribution in [0.2, 0.25) is 0 Å². The quantitative estimate of drug-likeness (QED) is 0.725. The highest BCUT2D eigenvalue weighted by Gasteiger charge is 2.13. The van der Waals surface area contributed by atoms with E-state index in [1.54, 1.807) is 12.1 Å². The van der Waals surface area contributed by atoms with Crippen molar-refractivity contribution in [3.63, 3.8) is 0 Å². The van der Waals surface area contributed by atoms with E-state index in [-0.39, 0.29) is 24.1 Å². The van der Waals surface area contributed by atoms with E-state index in [0.717, 1.165) is 12.0 Å². The van der Waals surface area contributed by atoms with Gasteiger partial charge in [-0.15, -0.1) is 12.4 Å². The van der Waals surface area contributed by atoms with Crippen molar-refractivity contribution in [2.45, 2.75) is 32.7 Å². The summed E-state index contributed by atoms with van der Waals surface area (Å²) >= 11 is 0. The van der Waals surface area contributed by atoms with Gasteiger partial charge in [0.15, 0.2) is 0 Å². The number of halogens is 1. The van der Waals surface area contributed by atoms with E-state index in [4.69, 9.17) is 5.73 Å². The number of nitrogens with one attached hydrogen (secondary N) is 1. The van der Waals surface area contributed by atoms with Gasteiger partial charge < -0.3 is 16.2 Å². The third kappa shape index (κ3) is 4.63. The molecule has 1 aromatic rings. The van der Waals surface area contributed by atoms with Gasteiger partial charge in [0.05, 0.1) is 11.7 Å². The molecule has 1 aromatic carbocycles. The number of carbonyl (C=O) groups excluding carboxylic acids is 1. The molecule has 5 heteroatoms. The molecule has 1 amide bonds. The molecule has 0 bridgehead atoms. The molecular formula is C12H19ClN2O2. The van der Waals surface area contributed by atoms with E-state index >= 15 is 0 Å². The molecular weight excluding hydrogens is 240 g/mol.